The highest BCUT2D eigenvalue weighted by Gasteiger charge is 2.32. The fourth-order valence-electron chi connectivity index (χ4n) is 1.77. The summed E-state index contributed by atoms with van der Waals surface area (Å²) in [5.74, 6) is 0.450. The van der Waals surface area contributed by atoms with Crippen LogP contribution in [-0.2, 0) is 4.79 Å². The Bertz CT molecular complexity index is 455. The molecule has 1 aromatic rings. The van der Waals surface area contributed by atoms with Crippen molar-refractivity contribution in [3.05, 3.63) is 53.5 Å². The van der Waals surface area contributed by atoms with Crippen molar-refractivity contribution < 1.29 is 4.79 Å². The van der Waals surface area contributed by atoms with Crippen molar-refractivity contribution in [1.29, 1.82) is 0 Å². The highest BCUT2D eigenvalue weighted by atomic mass is 32.2. The molecule has 1 aliphatic carbocycles. The van der Waals surface area contributed by atoms with E-state index in [4.69, 9.17) is 0 Å². The van der Waals surface area contributed by atoms with Gasteiger partial charge in [-0.1, -0.05) is 36.9 Å². The van der Waals surface area contributed by atoms with Crippen molar-refractivity contribution in [3.8, 4) is 0 Å². The molecule has 0 aromatic heterocycles. The molecule has 0 N–H and O–H groups in total. The Morgan fingerprint density at radius 1 is 1.35 bits per heavy atom. The van der Waals surface area contributed by atoms with Gasteiger partial charge in [-0.05, 0) is 35.6 Å². The summed E-state index contributed by atoms with van der Waals surface area (Å²) < 4.78 is 0. The third kappa shape index (κ3) is 2.89. The van der Waals surface area contributed by atoms with Crippen LogP contribution in [-0.4, -0.2) is 12.0 Å². The number of carbonyl (C=O) groups is 1. The van der Waals surface area contributed by atoms with Crippen LogP contribution in [0.4, 0.5) is 0 Å². The molecule has 1 fully saturated rings. The monoisotopic (exact) mass is 244 g/mol. The third-order valence-corrected chi connectivity index (χ3v) is 3.36. The maximum Gasteiger partial charge on any atom is 0.165 e. The molecule has 88 valence electrons. The van der Waals surface area contributed by atoms with E-state index in [-0.39, 0.29) is 11.7 Å². The molecular weight excluding hydrogens is 228 g/mol. The molecule has 0 aliphatic heterocycles. The molecule has 2 rings (SSSR count). The predicted octanol–water partition coefficient (Wildman–Crippen LogP) is 3.93. The van der Waals surface area contributed by atoms with Gasteiger partial charge in [0, 0.05) is 11.5 Å². The fraction of sp³-hybridized carbons (Fsp3) is 0.267. The van der Waals surface area contributed by atoms with Crippen LogP contribution in [0.15, 0.2) is 47.9 Å². The zero-order valence-electron chi connectivity index (χ0n) is 9.98. The zero-order chi connectivity index (χ0) is 12.3. The highest BCUT2D eigenvalue weighted by molar-refractivity contribution is 8.01. The lowest BCUT2D eigenvalue weighted by Gasteiger charge is -2.09. The summed E-state index contributed by atoms with van der Waals surface area (Å²) >= 11 is 1.61. The minimum absolute atomic E-state index is 0.217. The van der Waals surface area contributed by atoms with Crippen LogP contribution in [0.5, 0.6) is 0 Å². The smallest absolute Gasteiger partial charge is 0.165 e. The Morgan fingerprint density at radius 2 is 2.00 bits per heavy atom. The quantitative estimate of drug-likeness (QED) is 0.576. The number of benzene rings is 1. The number of thioether (sulfide) groups is 1. The first-order chi connectivity index (χ1) is 8.24. The number of Topliss-reactive ketones (excluding diaryl/α,β-unsaturated/α-hetero) is 1. The van der Waals surface area contributed by atoms with E-state index in [1.165, 1.54) is 0 Å². The number of carbonyl (C=O) groups excluding carboxylic acids is 1. The second-order valence-electron chi connectivity index (χ2n) is 4.25. The van der Waals surface area contributed by atoms with Crippen LogP contribution >= 0.6 is 11.8 Å². The maximum absolute atomic E-state index is 12.0. The lowest BCUT2D eigenvalue weighted by molar-refractivity contribution is -0.116. The molecule has 1 nitrogen and oxygen atoms in total. The molecule has 0 heterocycles. The van der Waals surface area contributed by atoms with Gasteiger partial charge in [0.15, 0.2) is 5.78 Å². The molecular formula is C15H16OS. The van der Waals surface area contributed by atoms with Gasteiger partial charge in [0.05, 0.1) is 0 Å². The third-order valence-electron chi connectivity index (χ3n) is 2.89. The molecule has 0 unspecified atom stereocenters. The Kier molecular flexibility index (Phi) is 3.85. The molecule has 1 aliphatic rings. The van der Waals surface area contributed by atoms with E-state index < -0.39 is 0 Å². The standard InChI is InChI=1S/C15H16OS/c1-11(15(16)13-8-9-13)14(10-17-2)12-6-4-3-5-7-12/h3-7,10,13H,1,8-9H2,2H3/b14-10+. The molecule has 0 atom stereocenters. The van der Waals surface area contributed by atoms with E-state index in [1.54, 1.807) is 11.8 Å². The van der Waals surface area contributed by atoms with Gasteiger partial charge in [-0.3, -0.25) is 4.79 Å². The molecule has 1 aromatic carbocycles. The summed E-state index contributed by atoms with van der Waals surface area (Å²) in [7, 11) is 0. The van der Waals surface area contributed by atoms with E-state index >= 15 is 0 Å². The van der Waals surface area contributed by atoms with E-state index in [1.807, 2.05) is 42.0 Å². The summed E-state index contributed by atoms with van der Waals surface area (Å²) in [6.07, 6.45) is 4.05. The van der Waals surface area contributed by atoms with Gasteiger partial charge in [0.1, 0.15) is 0 Å². The maximum atomic E-state index is 12.0. The van der Waals surface area contributed by atoms with E-state index in [9.17, 15) is 4.79 Å². The average molecular weight is 244 g/mol. The minimum Gasteiger partial charge on any atom is -0.294 e. The first-order valence-corrected chi connectivity index (χ1v) is 7.04. The SMILES string of the molecule is C=C(C(=O)C1CC1)/C(=C\SC)c1ccccc1. The van der Waals surface area contributed by atoms with Gasteiger partial charge < -0.3 is 0 Å². The van der Waals surface area contributed by atoms with Gasteiger partial charge in [0.2, 0.25) is 0 Å². The van der Waals surface area contributed by atoms with Crippen LogP contribution in [0.2, 0.25) is 0 Å². The van der Waals surface area contributed by atoms with Crippen molar-refractivity contribution in [2.75, 3.05) is 6.26 Å². The number of rotatable bonds is 5. The number of allylic oxidation sites excluding steroid dienone is 2. The summed E-state index contributed by atoms with van der Waals surface area (Å²) in [6, 6.07) is 9.99. The van der Waals surface area contributed by atoms with Gasteiger partial charge in [-0.15, -0.1) is 11.8 Å². The molecule has 0 saturated heterocycles. The van der Waals surface area contributed by atoms with Gasteiger partial charge in [0.25, 0.3) is 0 Å². The second-order valence-corrected chi connectivity index (χ2v) is 4.96. The topological polar surface area (TPSA) is 17.1 Å². The second kappa shape index (κ2) is 5.37. The van der Waals surface area contributed by atoms with Gasteiger partial charge >= 0.3 is 0 Å². The molecule has 2 heteroatoms. The van der Waals surface area contributed by atoms with Crippen LogP contribution < -0.4 is 0 Å². The average Bonchev–Trinajstić information content (AvgIpc) is 3.19. The van der Waals surface area contributed by atoms with Crippen LogP contribution in [0, 0.1) is 5.92 Å². The van der Waals surface area contributed by atoms with Crippen molar-refractivity contribution in [1.82, 2.24) is 0 Å². The molecule has 0 radical (unpaired) electrons. The Balaban J connectivity index is 2.26. The first kappa shape index (κ1) is 12.2. The van der Waals surface area contributed by atoms with Crippen molar-refractivity contribution in [2.45, 2.75) is 12.8 Å². The van der Waals surface area contributed by atoms with Gasteiger partial charge in [-0.2, -0.15) is 0 Å². The molecule has 0 amide bonds. The fourth-order valence-corrected chi connectivity index (χ4v) is 2.29. The van der Waals surface area contributed by atoms with Crippen molar-refractivity contribution >= 4 is 23.1 Å². The minimum atomic E-state index is 0.217. The Morgan fingerprint density at radius 3 is 2.53 bits per heavy atom. The van der Waals surface area contributed by atoms with E-state index in [2.05, 4.69) is 6.58 Å². The molecule has 0 spiro atoms. The predicted molar refractivity (Wildman–Crippen MR) is 74.8 cm³/mol. The summed E-state index contributed by atoms with van der Waals surface area (Å²) in [4.78, 5) is 12.0. The Labute approximate surface area is 107 Å². The van der Waals surface area contributed by atoms with E-state index in [0.717, 1.165) is 24.0 Å². The summed E-state index contributed by atoms with van der Waals surface area (Å²) in [5.41, 5.74) is 2.70. The van der Waals surface area contributed by atoms with Crippen LogP contribution in [0.25, 0.3) is 5.57 Å². The molecule has 17 heavy (non-hydrogen) atoms. The normalized spacial score (nSPS) is 15.7. The number of ketones is 1. The van der Waals surface area contributed by atoms with Crippen LogP contribution in [0.3, 0.4) is 0 Å². The number of hydrogen-bond donors (Lipinski definition) is 0. The highest BCUT2D eigenvalue weighted by Crippen LogP contribution is 2.36. The van der Waals surface area contributed by atoms with E-state index in [0.29, 0.717) is 5.57 Å². The number of hydrogen-bond acceptors (Lipinski definition) is 2. The molecule has 1 saturated carbocycles. The zero-order valence-corrected chi connectivity index (χ0v) is 10.8. The summed E-state index contributed by atoms with van der Waals surface area (Å²) in [5, 5.41) is 2.01. The Hall–Kier alpha value is -1.28. The lowest BCUT2D eigenvalue weighted by atomic mass is 9.96. The largest absolute Gasteiger partial charge is 0.294 e. The van der Waals surface area contributed by atoms with Crippen molar-refractivity contribution in [3.63, 3.8) is 0 Å². The molecule has 0 bridgehead atoms. The van der Waals surface area contributed by atoms with Crippen molar-refractivity contribution in [2.24, 2.45) is 5.92 Å². The van der Waals surface area contributed by atoms with Gasteiger partial charge in [-0.25, -0.2) is 0 Å². The van der Waals surface area contributed by atoms with Crippen LogP contribution in [0.1, 0.15) is 18.4 Å². The summed E-state index contributed by atoms with van der Waals surface area (Å²) in [6.45, 7) is 3.98. The first-order valence-electron chi connectivity index (χ1n) is 5.76. The lowest BCUT2D eigenvalue weighted by Crippen LogP contribution is -2.05.